The van der Waals surface area contributed by atoms with Gasteiger partial charge in [-0.1, -0.05) is 31.0 Å². The second-order valence-electron chi connectivity index (χ2n) is 6.52. The predicted octanol–water partition coefficient (Wildman–Crippen LogP) is 4.98. The standard InChI is InChI=1S/C21H28ClN3O2S/c1-4-5-10-25(3)28-18-8-6-7-17(14-18)24-21(26)16-12-15(2)20(19(22)13-16)27-11-9-23/h6-8,12-14H,4-5,9-11,23H2,1-3H3,(H,24,26). The molecule has 5 nitrogen and oxygen atoms in total. The first-order valence-corrected chi connectivity index (χ1v) is 10.5. The number of hydrogen-bond donors (Lipinski definition) is 2. The van der Waals surface area contributed by atoms with Gasteiger partial charge in [0.25, 0.3) is 5.91 Å². The van der Waals surface area contributed by atoms with Crippen molar-refractivity contribution in [3.63, 3.8) is 0 Å². The van der Waals surface area contributed by atoms with E-state index in [-0.39, 0.29) is 5.91 Å². The summed E-state index contributed by atoms with van der Waals surface area (Å²) in [6.45, 7) is 5.84. The van der Waals surface area contributed by atoms with Crippen LogP contribution in [0.2, 0.25) is 5.02 Å². The number of carbonyl (C=O) groups is 1. The molecular weight excluding hydrogens is 394 g/mol. The number of carbonyl (C=O) groups excluding carboxylic acids is 1. The van der Waals surface area contributed by atoms with Crippen molar-refractivity contribution in [3.8, 4) is 5.75 Å². The number of nitrogens with zero attached hydrogens (tertiary/aromatic N) is 1. The summed E-state index contributed by atoms with van der Waals surface area (Å²) < 4.78 is 7.76. The molecule has 152 valence electrons. The normalized spacial score (nSPS) is 10.9. The second-order valence-corrected chi connectivity index (χ2v) is 8.20. The lowest BCUT2D eigenvalue weighted by Gasteiger charge is -2.16. The van der Waals surface area contributed by atoms with E-state index in [1.807, 2.05) is 31.2 Å². The maximum absolute atomic E-state index is 12.7. The molecule has 0 aliphatic carbocycles. The van der Waals surface area contributed by atoms with E-state index in [1.165, 1.54) is 6.42 Å². The van der Waals surface area contributed by atoms with Crippen molar-refractivity contribution in [3.05, 3.63) is 52.5 Å². The first-order chi connectivity index (χ1) is 13.4. The van der Waals surface area contributed by atoms with Gasteiger partial charge in [0.05, 0.1) is 5.02 Å². The van der Waals surface area contributed by atoms with Crippen molar-refractivity contribution in [1.29, 1.82) is 0 Å². The first-order valence-electron chi connectivity index (χ1n) is 9.38. The SMILES string of the molecule is CCCCN(C)Sc1cccc(NC(=O)c2cc(C)c(OCCN)c(Cl)c2)c1. The lowest BCUT2D eigenvalue weighted by atomic mass is 10.1. The molecule has 2 aromatic rings. The Morgan fingerprint density at radius 2 is 2.11 bits per heavy atom. The summed E-state index contributed by atoms with van der Waals surface area (Å²) in [6, 6.07) is 11.2. The van der Waals surface area contributed by atoms with E-state index in [1.54, 1.807) is 24.1 Å². The zero-order valence-corrected chi connectivity index (χ0v) is 18.2. The fourth-order valence-corrected chi connectivity index (χ4v) is 3.87. The number of benzene rings is 2. The summed E-state index contributed by atoms with van der Waals surface area (Å²) >= 11 is 7.96. The van der Waals surface area contributed by atoms with Crippen LogP contribution in [0.3, 0.4) is 0 Å². The van der Waals surface area contributed by atoms with E-state index in [2.05, 4.69) is 23.6 Å². The average molecular weight is 422 g/mol. The predicted molar refractivity (Wildman–Crippen MR) is 119 cm³/mol. The molecule has 2 aromatic carbocycles. The van der Waals surface area contributed by atoms with Gasteiger partial charge in [0.2, 0.25) is 0 Å². The molecule has 0 atom stereocenters. The van der Waals surface area contributed by atoms with Gasteiger partial charge in [-0.3, -0.25) is 4.79 Å². The van der Waals surface area contributed by atoms with E-state index < -0.39 is 0 Å². The summed E-state index contributed by atoms with van der Waals surface area (Å²) in [6.07, 6.45) is 2.32. The highest BCUT2D eigenvalue weighted by Gasteiger charge is 2.13. The van der Waals surface area contributed by atoms with Crippen molar-refractivity contribution < 1.29 is 9.53 Å². The molecule has 0 saturated carbocycles. The quantitative estimate of drug-likeness (QED) is 0.529. The van der Waals surface area contributed by atoms with Gasteiger partial charge in [0.15, 0.2) is 0 Å². The molecule has 0 radical (unpaired) electrons. The minimum Gasteiger partial charge on any atom is -0.490 e. The number of rotatable bonds is 10. The van der Waals surface area contributed by atoms with Crippen molar-refractivity contribution >= 4 is 35.1 Å². The second kappa shape index (κ2) is 11.3. The number of hydrogen-bond acceptors (Lipinski definition) is 5. The van der Waals surface area contributed by atoms with E-state index in [9.17, 15) is 4.79 Å². The van der Waals surface area contributed by atoms with Gasteiger partial charge in [-0.15, -0.1) is 0 Å². The zero-order chi connectivity index (χ0) is 20.5. The minimum atomic E-state index is -0.211. The molecule has 0 aliphatic rings. The van der Waals surface area contributed by atoms with Crippen LogP contribution >= 0.6 is 23.5 Å². The highest BCUT2D eigenvalue weighted by Crippen LogP contribution is 2.30. The van der Waals surface area contributed by atoms with Gasteiger partial charge in [-0.2, -0.15) is 0 Å². The highest BCUT2D eigenvalue weighted by molar-refractivity contribution is 7.97. The Balaban J connectivity index is 2.07. The largest absolute Gasteiger partial charge is 0.490 e. The Morgan fingerprint density at radius 3 is 2.79 bits per heavy atom. The number of anilines is 1. The number of unbranched alkanes of at least 4 members (excludes halogenated alkanes) is 1. The van der Waals surface area contributed by atoms with Crippen LogP contribution in [0.1, 0.15) is 35.7 Å². The van der Waals surface area contributed by atoms with Crippen molar-refractivity contribution in [2.75, 3.05) is 32.1 Å². The maximum Gasteiger partial charge on any atom is 0.255 e. The third kappa shape index (κ3) is 6.71. The van der Waals surface area contributed by atoms with Crippen LogP contribution in [-0.4, -0.2) is 37.0 Å². The third-order valence-corrected chi connectivity index (χ3v) is 5.28. The Hall–Kier alpha value is -1.73. The van der Waals surface area contributed by atoms with E-state index >= 15 is 0 Å². The molecule has 0 saturated heterocycles. The third-order valence-electron chi connectivity index (χ3n) is 4.04. The van der Waals surface area contributed by atoms with Crippen molar-refractivity contribution in [2.45, 2.75) is 31.6 Å². The van der Waals surface area contributed by atoms with Crippen LogP contribution in [0.15, 0.2) is 41.3 Å². The van der Waals surface area contributed by atoms with Gasteiger partial charge < -0.3 is 15.8 Å². The summed E-state index contributed by atoms with van der Waals surface area (Å²) in [5.74, 6) is 0.356. The van der Waals surface area contributed by atoms with Crippen LogP contribution in [-0.2, 0) is 0 Å². The summed E-state index contributed by atoms with van der Waals surface area (Å²) in [5, 5.41) is 3.35. The Morgan fingerprint density at radius 1 is 1.32 bits per heavy atom. The smallest absolute Gasteiger partial charge is 0.255 e. The molecule has 0 heterocycles. The number of halogens is 1. The van der Waals surface area contributed by atoms with Crippen LogP contribution in [0.4, 0.5) is 5.69 Å². The molecule has 0 aromatic heterocycles. The summed E-state index contributed by atoms with van der Waals surface area (Å²) in [5.41, 5.74) is 7.50. The summed E-state index contributed by atoms with van der Waals surface area (Å²) in [7, 11) is 2.07. The zero-order valence-electron chi connectivity index (χ0n) is 16.6. The molecular formula is C21H28ClN3O2S. The fourth-order valence-electron chi connectivity index (χ4n) is 2.65. The van der Waals surface area contributed by atoms with E-state index in [0.717, 1.165) is 29.1 Å². The minimum absolute atomic E-state index is 0.211. The average Bonchev–Trinajstić information content (AvgIpc) is 2.66. The Bertz CT molecular complexity index is 778. The van der Waals surface area contributed by atoms with Crippen molar-refractivity contribution in [2.24, 2.45) is 5.73 Å². The monoisotopic (exact) mass is 421 g/mol. The van der Waals surface area contributed by atoms with Gasteiger partial charge >= 0.3 is 0 Å². The molecule has 0 fully saturated rings. The number of ether oxygens (including phenoxy) is 1. The Labute approximate surface area is 176 Å². The van der Waals surface area contributed by atoms with Gasteiger partial charge in [-0.25, -0.2) is 4.31 Å². The lowest BCUT2D eigenvalue weighted by Crippen LogP contribution is -2.14. The first kappa shape index (κ1) is 22.6. The molecule has 0 aliphatic heterocycles. The van der Waals surface area contributed by atoms with E-state index in [0.29, 0.717) is 29.5 Å². The molecule has 3 N–H and O–H groups in total. The molecule has 0 unspecified atom stereocenters. The number of amides is 1. The molecule has 0 spiro atoms. The highest BCUT2D eigenvalue weighted by atomic mass is 35.5. The molecule has 1 amide bonds. The molecule has 7 heteroatoms. The van der Waals surface area contributed by atoms with Gasteiger partial charge in [0, 0.05) is 29.2 Å². The van der Waals surface area contributed by atoms with Crippen LogP contribution in [0.25, 0.3) is 0 Å². The van der Waals surface area contributed by atoms with Crippen LogP contribution in [0, 0.1) is 6.92 Å². The van der Waals surface area contributed by atoms with Crippen LogP contribution < -0.4 is 15.8 Å². The lowest BCUT2D eigenvalue weighted by molar-refractivity contribution is 0.102. The number of nitrogens with one attached hydrogen (secondary N) is 1. The number of aryl methyl sites for hydroxylation is 1. The topological polar surface area (TPSA) is 67.6 Å². The van der Waals surface area contributed by atoms with Gasteiger partial charge in [-0.05, 0) is 68.2 Å². The van der Waals surface area contributed by atoms with Crippen LogP contribution in [0.5, 0.6) is 5.75 Å². The van der Waals surface area contributed by atoms with Crippen molar-refractivity contribution in [1.82, 2.24) is 4.31 Å². The maximum atomic E-state index is 12.7. The van der Waals surface area contributed by atoms with Gasteiger partial charge in [0.1, 0.15) is 12.4 Å². The number of nitrogens with two attached hydrogens (primary N) is 1. The summed E-state index contributed by atoms with van der Waals surface area (Å²) in [4.78, 5) is 13.8. The molecule has 0 bridgehead atoms. The van der Waals surface area contributed by atoms with E-state index in [4.69, 9.17) is 22.1 Å². The Kier molecular flexibility index (Phi) is 9.12. The fraction of sp³-hybridized carbons (Fsp3) is 0.381. The molecule has 28 heavy (non-hydrogen) atoms. The molecule has 2 rings (SSSR count).